The minimum absolute atomic E-state index is 0.0819. The van der Waals surface area contributed by atoms with Gasteiger partial charge in [0.15, 0.2) is 0 Å². The molecule has 2 aromatic heterocycles. The van der Waals surface area contributed by atoms with E-state index in [2.05, 4.69) is 10.3 Å². The summed E-state index contributed by atoms with van der Waals surface area (Å²) in [7, 11) is 0. The molecule has 0 unspecified atom stereocenters. The van der Waals surface area contributed by atoms with Crippen LogP contribution in [0.3, 0.4) is 0 Å². The Kier molecular flexibility index (Phi) is 3.43. The van der Waals surface area contributed by atoms with Crippen molar-refractivity contribution in [2.24, 2.45) is 0 Å². The SMILES string of the molecule is Cc1csc(=O)n1CC(=O)NCc1cc[nH]c1. The molecule has 5 nitrogen and oxygen atoms in total. The molecule has 0 aliphatic rings. The first-order valence-electron chi connectivity index (χ1n) is 5.20. The maximum Gasteiger partial charge on any atom is 0.307 e. The Morgan fingerprint density at radius 2 is 2.41 bits per heavy atom. The fraction of sp³-hybridized carbons (Fsp3) is 0.273. The lowest BCUT2D eigenvalue weighted by molar-refractivity contribution is -0.121. The van der Waals surface area contributed by atoms with E-state index in [0.717, 1.165) is 22.6 Å². The molecule has 0 bridgehead atoms. The largest absolute Gasteiger partial charge is 0.367 e. The van der Waals surface area contributed by atoms with Crippen molar-refractivity contribution in [1.29, 1.82) is 0 Å². The van der Waals surface area contributed by atoms with Crippen LogP contribution in [0.25, 0.3) is 0 Å². The van der Waals surface area contributed by atoms with Crippen molar-refractivity contribution in [3.8, 4) is 0 Å². The van der Waals surface area contributed by atoms with Crippen LogP contribution < -0.4 is 10.2 Å². The van der Waals surface area contributed by atoms with E-state index in [-0.39, 0.29) is 17.3 Å². The molecule has 1 amide bonds. The summed E-state index contributed by atoms with van der Waals surface area (Å²) >= 11 is 1.11. The third-order valence-corrected chi connectivity index (χ3v) is 3.31. The molecule has 2 aromatic rings. The lowest BCUT2D eigenvalue weighted by atomic mass is 10.3. The number of H-pyrrole nitrogens is 1. The standard InChI is InChI=1S/C11H13N3O2S/c1-8-7-17-11(16)14(8)6-10(15)13-5-9-2-3-12-4-9/h2-4,7,12H,5-6H2,1H3,(H,13,15). The molecule has 0 atom stereocenters. The van der Waals surface area contributed by atoms with Crippen molar-refractivity contribution in [2.45, 2.75) is 20.0 Å². The normalized spacial score (nSPS) is 10.4. The van der Waals surface area contributed by atoms with Crippen LogP contribution in [-0.2, 0) is 17.9 Å². The number of carbonyl (C=O) groups excluding carboxylic acids is 1. The Morgan fingerprint density at radius 1 is 1.59 bits per heavy atom. The first kappa shape index (κ1) is 11.7. The highest BCUT2D eigenvalue weighted by Crippen LogP contribution is 1.99. The van der Waals surface area contributed by atoms with E-state index in [0.29, 0.717) is 6.54 Å². The van der Waals surface area contributed by atoms with E-state index in [9.17, 15) is 9.59 Å². The number of hydrogen-bond acceptors (Lipinski definition) is 3. The van der Waals surface area contributed by atoms with E-state index in [4.69, 9.17) is 0 Å². The van der Waals surface area contributed by atoms with Crippen molar-refractivity contribution in [1.82, 2.24) is 14.9 Å². The van der Waals surface area contributed by atoms with Crippen LogP contribution in [0.15, 0.2) is 28.6 Å². The second kappa shape index (κ2) is 5.01. The van der Waals surface area contributed by atoms with E-state index < -0.39 is 0 Å². The predicted molar refractivity (Wildman–Crippen MR) is 66.0 cm³/mol. The van der Waals surface area contributed by atoms with Gasteiger partial charge in [-0.1, -0.05) is 11.3 Å². The van der Waals surface area contributed by atoms with Gasteiger partial charge in [-0.25, -0.2) is 0 Å². The minimum atomic E-state index is -0.158. The first-order valence-corrected chi connectivity index (χ1v) is 6.08. The van der Waals surface area contributed by atoms with Crippen LogP contribution in [0.1, 0.15) is 11.3 Å². The van der Waals surface area contributed by atoms with Crippen molar-refractivity contribution in [3.63, 3.8) is 0 Å². The molecule has 0 fully saturated rings. The van der Waals surface area contributed by atoms with Crippen LogP contribution in [0.5, 0.6) is 0 Å². The van der Waals surface area contributed by atoms with Gasteiger partial charge < -0.3 is 10.3 Å². The predicted octanol–water partition coefficient (Wildman–Crippen LogP) is 0.863. The van der Waals surface area contributed by atoms with E-state index in [1.165, 1.54) is 4.57 Å². The lowest BCUT2D eigenvalue weighted by Crippen LogP contribution is -2.30. The molecule has 0 saturated heterocycles. The monoisotopic (exact) mass is 251 g/mol. The van der Waals surface area contributed by atoms with Gasteiger partial charge in [-0.3, -0.25) is 14.2 Å². The average molecular weight is 251 g/mol. The van der Waals surface area contributed by atoms with Crippen LogP contribution >= 0.6 is 11.3 Å². The molecular weight excluding hydrogens is 238 g/mol. The second-order valence-electron chi connectivity index (χ2n) is 3.73. The number of hydrogen-bond donors (Lipinski definition) is 2. The molecule has 17 heavy (non-hydrogen) atoms. The maximum atomic E-state index is 11.6. The number of aromatic amines is 1. The molecule has 6 heteroatoms. The Balaban J connectivity index is 1.92. The van der Waals surface area contributed by atoms with Crippen LogP contribution in [-0.4, -0.2) is 15.5 Å². The van der Waals surface area contributed by atoms with Gasteiger partial charge in [0.25, 0.3) is 0 Å². The number of rotatable bonds is 4. The molecule has 2 rings (SSSR count). The maximum absolute atomic E-state index is 11.6. The summed E-state index contributed by atoms with van der Waals surface area (Å²) < 4.78 is 1.47. The molecule has 2 N–H and O–H groups in total. The zero-order valence-corrected chi connectivity index (χ0v) is 10.2. The number of nitrogens with zero attached hydrogens (tertiary/aromatic N) is 1. The molecule has 0 aliphatic heterocycles. The summed E-state index contributed by atoms with van der Waals surface area (Å²) in [5.41, 5.74) is 1.82. The van der Waals surface area contributed by atoms with Crippen molar-refractivity contribution in [2.75, 3.05) is 0 Å². The third kappa shape index (κ3) is 2.85. The summed E-state index contributed by atoms with van der Waals surface area (Å²) in [5.74, 6) is -0.158. The zero-order chi connectivity index (χ0) is 12.3. The van der Waals surface area contributed by atoms with Gasteiger partial charge in [0, 0.05) is 30.0 Å². The molecule has 2 heterocycles. The van der Waals surface area contributed by atoms with Gasteiger partial charge in [-0.2, -0.15) is 0 Å². The van der Waals surface area contributed by atoms with Crippen molar-refractivity contribution < 1.29 is 4.79 Å². The fourth-order valence-electron chi connectivity index (χ4n) is 1.46. The Labute approximate surface area is 102 Å². The number of thiazole rings is 1. The zero-order valence-electron chi connectivity index (χ0n) is 9.40. The summed E-state index contributed by atoms with van der Waals surface area (Å²) in [5, 5.41) is 4.52. The number of aromatic nitrogens is 2. The third-order valence-electron chi connectivity index (χ3n) is 2.43. The van der Waals surface area contributed by atoms with Crippen LogP contribution in [0.4, 0.5) is 0 Å². The molecule has 0 radical (unpaired) electrons. The Morgan fingerprint density at radius 3 is 3.00 bits per heavy atom. The summed E-state index contributed by atoms with van der Waals surface area (Å²) in [4.78, 5) is 25.9. The van der Waals surface area contributed by atoms with Gasteiger partial charge in [0.05, 0.1) is 0 Å². The van der Waals surface area contributed by atoms with Crippen LogP contribution in [0.2, 0.25) is 0 Å². The molecule has 0 aromatic carbocycles. The fourth-order valence-corrected chi connectivity index (χ4v) is 2.20. The number of nitrogens with one attached hydrogen (secondary N) is 2. The minimum Gasteiger partial charge on any atom is -0.367 e. The van der Waals surface area contributed by atoms with E-state index >= 15 is 0 Å². The quantitative estimate of drug-likeness (QED) is 0.846. The number of amides is 1. The highest BCUT2D eigenvalue weighted by Gasteiger charge is 2.07. The van der Waals surface area contributed by atoms with E-state index in [1.54, 1.807) is 11.6 Å². The smallest absolute Gasteiger partial charge is 0.307 e. The van der Waals surface area contributed by atoms with Crippen molar-refractivity contribution in [3.05, 3.63) is 44.8 Å². The number of aryl methyl sites for hydroxylation is 1. The molecule has 0 spiro atoms. The van der Waals surface area contributed by atoms with Gasteiger partial charge in [0.1, 0.15) is 6.54 Å². The highest BCUT2D eigenvalue weighted by molar-refractivity contribution is 7.07. The Bertz CT molecular complexity index is 554. The molecule has 90 valence electrons. The van der Waals surface area contributed by atoms with Gasteiger partial charge in [0.2, 0.25) is 5.91 Å². The van der Waals surface area contributed by atoms with Gasteiger partial charge in [-0.15, -0.1) is 0 Å². The number of carbonyl (C=O) groups is 1. The van der Waals surface area contributed by atoms with Gasteiger partial charge >= 0.3 is 4.87 Å². The molecule has 0 saturated carbocycles. The highest BCUT2D eigenvalue weighted by atomic mass is 32.1. The second-order valence-corrected chi connectivity index (χ2v) is 4.55. The average Bonchev–Trinajstić information content (AvgIpc) is 2.91. The van der Waals surface area contributed by atoms with Crippen LogP contribution in [0, 0.1) is 6.92 Å². The molecule has 0 aliphatic carbocycles. The van der Waals surface area contributed by atoms with E-state index in [1.807, 2.05) is 19.2 Å². The molecular formula is C11H13N3O2S. The van der Waals surface area contributed by atoms with Crippen molar-refractivity contribution >= 4 is 17.2 Å². The Hall–Kier alpha value is -1.82. The first-order chi connectivity index (χ1) is 8.16. The summed E-state index contributed by atoms with van der Waals surface area (Å²) in [6.45, 7) is 2.37. The lowest BCUT2D eigenvalue weighted by Gasteiger charge is -2.05. The summed E-state index contributed by atoms with van der Waals surface area (Å²) in [6.07, 6.45) is 3.62. The van der Waals surface area contributed by atoms with Gasteiger partial charge in [-0.05, 0) is 18.6 Å². The summed E-state index contributed by atoms with van der Waals surface area (Å²) in [6, 6.07) is 1.89. The topological polar surface area (TPSA) is 66.9 Å².